The minimum atomic E-state index is -1.41. The summed E-state index contributed by atoms with van der Waals surface area (Å²) in [5.74, 6) is -2.31. The molecule has 1 aliphatic heterocycles. The first-order chi connectivity index (χ1) is 12.0. The molecule has 1 fully saturated rings. The molecule has 0 unspecified atom stereocenters. The number of aliphatic carboxylic acids is 1. The van der Waals surface area contributed by atoms with Crippen LogP contribution < -0.4 is 5.11 Å². The molecule has 0 spiro atoms. The Morgan fingerprint density at radius 3 is 2.40 bits per heavy atom. The van der Waals surface area contributed by atoms with Crippen LogP contribution in [0.3, 0.4) is 0 Å². The number of thiocarbonyl (C=S) groups is 1. The van der Waals surface area contributed by atoms with Crippen LogP contribution in [0.5, 0.6) is 0 Å². The number of halogens is 1. The summed E-state index contributed by atoms with van der Waals surface area (Å²) in [5.41, 5.74) is 1.02. The Bertz CT molecular complexity index is 866. The minimum Gasteiger partial charge on any atom is -0.547 e. The van der Waals surface area contributed by atoms with E-state index in [-0.39, 0.29) is 15.0 Å². The molecule has 2 aromatic carbocycles. The van der Waals surface area contributed by atoms with E-state index >= 15 is 0 Å². The molecule has 4 nitrogen and oxygen atoms in total. The Morgan fingerprint density at radius 2 is 1.80 bits per heavy atom. The van der Waals surface area contributed by atoms with E-state index in [9.17, 15) is 19.1 Å². The summed E-state index contributed by atoms with van der Waals surface area (Å²) in [6, 6.07) is 12.6. The van der Waals surface area contributed by atoms with Crippen LogP contribution in [-0.2, 0) is 9.59 Å². The van der Waals surface area contributed by atoms with Crippen molar-refractivity contribution in [3.63, 3.8) is 0 Å². The fraction of sp³-hybridized carbons (Fsp3) is 0.0556. The number of nitrogens with zero attached hydrogens (tertiary/aromatic N) is 1. The molecule has 0 radical (unpaired) electrons. The third-order valence-corrected chi connectivity index (χ3v) is 4.92. The maximum Gasteiger partial charge on any atom is 0.267 e. The Kier molecular flexibility index (Phi) is 4.96. The minimum absolute atomic E-state index is 0.136. The second-order valence-electron chi connectivity index (χ2n) is 5.24. The van der Waals surface area contributed by atoms with Gasteiger partial charge in [-0.05, 0) is 29.3 Å². The molecule has 1 saturated heterocycles. The second-order valence-corrected chi connectivity index (χ2v) is 6.91. The Labute approximate surface area is 153 Å². The largest absolute Gasteiger partial charge is 0.547 e. The summed E-state index contributed by atoms with van der Waals surface area (Å²) in [6.07, 6.45) is 1.55. The molecule has 126 valence electrons. The van der Waals surface area contributed by atoms with Gasteiger partial charge < -0.3 is 9.90 Å². The smallest absolute Gasteiger partial charge is 0.267 e. The maximum atomic E-state index is 13.0. The van der Waals surface area contributed by atoms with Gasteiger partial charge in [-0.3, -0.25) is 9.69 Å². The van der Waals surface area contributed by atoms with E-state index in [1.54, 1.807) is 36.4 Å². The van der Waals surface area contributed by atoms with Crippen molar-refractivity contribution in [3.05, 3.63) is 76.4 Å². The SMILES string of the molecule is O=C([O-])[C@@H](c1ccccc1)N1C(=O)/C(=C\c2ccc(F)cc2)SC1=S. The molecule has 1 atom stereocenters. The van der Waals surface area contributed by atoms with Crippen molar-refractivity contribution in [3.8, 4) is 0 Å². The number of thioether (sulfide) groups is 1. The zero-order chi connectivity index (χ0) is 18.0. The number of amides is 1. The van der Waals surface area contributed by atoms with Gasteiger partial charge in [0.1, 0.15) is 16.2 Å². The third kappa shape index (κ3) is 3.62. The quantitative estimate of drug-likeness (QED) is 0.610. The molecule has 1 aliphatic rings. The highest BCUT2D eigenvalue weighted by Crippen LogP contribution is 2.38. The van der Waals surface area contributed by atoms with E-state index in [4.69, 9.17) is 12.2 Å². The second kappa shape index (κ2) is 7.16. The van der Waals surface area contributed by atoms with Gasteiger partial charge in [-0.2, -0.15) is 0 Å². The topological polar surface area (TPSA) is 60.4 Å². The molecule has 25 heavy (non-hydrogen) atoms. The van der Waals surface area contributed by atoms with Gasteiger partial charge in [0.2, 0.25) is 0 Å². The average Bonchev–Trinajstić information content (AvgIpc) is 2.86. The molecule has 3 rings (SSSR count). The molecule has 0 N–H and O–H groups in total. The predicted molar refractivity (Wildman–Crippen MR) is 95.6 cm³/mol. The lowest BCUT2D eigenvalue weighted by atomic mass is 10.1. The van der Waals surface area contributed by atoms with Crippen molar-refractivity contribution in [2.24, 2.45) is 0 Å². The summed E-state index contributed by atoms with van der Waals surface area (Å²) in [5, 5.41) is 11.6. The predicted octanol–water partition coefficient (Wildman–Crippen LogP) is 2.52. The van der Waals surface area contributed by atoms with Crippen LogP contribution in [0.2, 0.25) is 0 Å². The molecule has 2 aromatic rings. The molecule has 7 heteroatoms. The average molecular weight is 372 g/mol. The summed E-state index contributed by atoms with van der Waals surface area (Å²) in [6.45, 7) is 0. The zero-order valence-corrected chi connectivity index (χ0v) is 14.4. The van der Waals surface area contributed by atoms with Crippen LogP contribution in [0.15, 0.2) is 59.5 Å². The van der Waals surface area contributed by atoms with E-state index < -0.39 is 17.9 Å². The molecule has 1 amide bonds. The summed E-state index contributed by atoms with van der Waals surface area (Å²) < 4.78 is 13.1. The number of carboxylic acid groups (broad SMARTS) is 1. The number of carboxylic acids is 1. The van der Waals surface area contributed by atoms with E-state index in [1.807, 2.05) is 0 Å². The molecule has 1 heterocycles. The lowest BCUT2D eigenvalue weighted by Gasteiger charge is -2.27. The normalized spacial score (nSPS) is 17.2. The number of rotatable bonds is 4. The fourth-order valence-corrected chi connectivity index (χ4v) is 3.75. The molecule has 0 saturated carbocycles. The van der Waals surface area contributed by atoms with Gasteiger partial charge in [0, 0.05) is 0 Å². The number of carbonyl (C=O) groups is 2. The number of benzene rings is 2. The van der Waals surface area contributed by atoms with Gasteiger partial charge in [-0.25, -0.2) is 4.39 Å². The van der Waals surface area contributed by atoms with Crippen molar-refractivity contribution in [1.29, 1.82) is 0 Å². The van der Waals surface area contributed by atoms with E-state index in [0.717, 1.165) is 16.7 Å². The lowest BCUT2D eigenvalue weighted by Crippen LogP contribution is -2.43. The van der Waals surface area contributed by atoms with Crippen molar-refractivity contribution < 1.29 is 19.1 Å². The highest BCUT2D eigenvalue weighted by molar-refractivity contribution is 8.26. The zero-order valence-electron chi connectivity index (χ0n) is 12.7. The van der Waals surface area contributed by atoms with Crippen molar-refractivity contribution >= 4 is 46.3 Å². The molecular weight excluding hydrogens is 361 g/mol. The first-order valence-corrected chi connectivity index (χ1v) is 8.48. The van der Waals surface area contributed by atoms with Gasteiger partial charge in [0.25, 0.3) is 5.91 Å². The standard InChI is InChI=1S/C18H12FNO3S2/c19-13-8-6-11(7-9-13)10-14-16(21)20(18(24)25-14)15(17(22)23)12-4-2-1-3-5-12/h1-10,15H,(H,22,23)/p-1/b14-10+/t15-/m1/s1. The summed E-state index contributed by atoms with van der Waals surface area (Å²) in [7, 11) is 0. The Hall–Kier alpha value is -2.51. The summed E-state index contributed by atoms with van der Waals surface area (Å²) in [4.78, 5) is 25.7. The van der Waals surface area contributed by atoms with E-state index in [1.165, 1.54) is 24.3 Å². The van der Waals surface area contributed by atoms with Crippen LogP contribution in [-0.4, -0.2) is 21.1 Å². The number of carbonyl (C=O) groups excluding carboxylic acids is 2. The van der Waals surface area contributed by atoms with Gasteiger partial charge in [-0.15, -0.1) is 0 Å². The molecule has 0 aliphatic carbocycles. The van der Waals surface area contributed by atoms with Crippen LogP contribution >= 0.6 is 24.0 Å². The van der Waals surface area contributed by atoms with E-state index in [0.29, 0.717) is 11.1 Å². The molecule has 0 bridgehead atoms. The van der Waals surface area contributed by atoms with Gasteiger partial charge in [-0.1, -0.05) is 66.4 Å². The van der Waals surface area contributed by atoms with Crippen molar-refractivity contribution in [1.82, 2.24) is 4.90 Å². The van der Waals surface area contributed by atoms with Crippen molar-refractivity contribution in [2.75, 3.05) is 0 Å². The first-order valence-electron chi connectivity index (χ1n) is 7.26. The van der Waals surface area contributed by atoms with E-state index in [2.05, 4.69) is 0 Å². The fourth-order valence-electron chi connectivity index (χ4n) is 2.44. The molecule has 0 aromatic heterocycles. The summed E-state index contributed by atoms with van der Waals surface area (Å²) >= 11 is 6.21. The van der Waals surface area contributed by atoms with Crippen LogP contribution in [0.1, 0.15) is 17.2 Å². The number of hydrogen-bond acceptors (Lipinski definition) is 5. The van der Waals surface area contributed by atoms with Crippen LogP contribution in [0, 0.1) is 5.82 Å². The highest BCUT2D eigenvalue weighted by Gasteiger charge is 2.38. The van der Waals surface area contributed by atoms with Crippen LogP contribution in [0.4, 0.5) is 4.39 Å². The Morgan fingerprint density at radius 1 is 1.16 bits per heavy atom. The monoisotopic (exact) mass is 372 g/mol. The van der Waals surface area contributed by atoms with Crippen LogP contribution in [0.25, 0.3) is 6.08 Å². The number of hydrogen-bond donors (Lipinski definition) is 0. The Balaban J connectivity index is 1.95. The van der Waals surface area contributed by atoms with Gasteiger partial charge in [0.05, 0.1) is 10.9 Å². The first kappa shape index (κ1) is 17.3. The van der Waals surface area contributed by atoms with Gasteiger partial charge >= 0.3 is 0 Å². The highest BCUT2D eigenvalue weighted by atomic mass is 32.2. The van der Waals surface area contributed by atoms with Gasteiger partial charge in [0.15, 0.2) is 0 Å². The van der Waals surface area contributed by atoms with Crippen molar-refractivity contribution in [2.45, 2.75) is 6.04 Å². The maximum absolute atomic E-state index is 13.0. The molecular formula is C18H11FNO3S2-. The third-order valence-electron chi connectivity index (χ3n) is 3.59. The lowest BCUT2D eigenvalue weighted by molar-refractivity contribution is -0.310.